The van der Waals surface area contributed by atoms with Crippen molar-refractivity contribution in [1.82, 2.24) is 0 Å². The minimum atomic E-state index is -0.936. The molecule has 0 spiro atoms. The molecular weight excluding hydrogens is 468 g/mol. The molecule has 0 saturated heterocycles. The summed E-state index contributed by atoms with van der Waals surface area (Å²) in [5.41, 5.74) is 3.11. The highest BCUT2D eigenvalue weighted by atomic mass is 32.1. The number of ether oxygens (including phenoxy) is 3. The second-order valence-corrected chi connectivity index (χ2v) is 8.75. The van der Waals surface area contributed by atoms with Gasteiger partial charge in [0.25, 0.3) is 0 Å². The normalized spacial score (nSPS) is 11.5. The Morgan fingerprint density at radius 1 is 1.03 bits per heavy atom. The van der Waals surface area contributed by atoms with Crippen LogP contribution in [0.3, 0.4) is 0 Å². The fourth-order valence-electron chi connectivity index (χ4n) is 3.55. The highest BCUT2D eigenvalue weighted by Crippen LogP contribution is 2.34. The van der Waals surface area contributed by atoms with Crippen molar-refractivity contribution in [2.75, 3.05) is 7.11 Å². The number of thiophene rings is 1. The average Bonchev–Trinajstić information content (AvgIpc) is 3.38. The van der Waals surface area contributed by atoms with Gasteiger partial charge in [0.15, 0.2) is 5.78 Å². The van der Waals surface area contributed by atoms with Crippen LogP contribution in [-0.4, -0.2) is 29.9 Å². The van der Waals surface area contributed by atoms with Crippen LogP contribution in [0.25, 0.3) is 0 Å². The predicted octanol–water partition coefficient (Wildman–Crippen LogP) is 5.76. The molecule has 3 aromatic rings. The van der Waals surface area contributed by atoms with Gasteiger partial charge in [-0.25, -0.2) is 0 Å². The van der Waals surface area contributed by atoms with E-state index in [-0.39, 0.29) is 37.2 Å². The maximum absolute atomic E-state index is 13.0. The van der Waals surface area contributed by atoms with Gasteiger partial charge in [0.2, 0.25) is 0 Å². The summed E-state index contributed by atoms with van der Waals surface area (Å²) in [5, 5.41) is 13.2. The summed E-state index contributed by atoms with van der Waals surface area (Å²) in [7, 11) is 1.27. The Balaban J connectivity index is 1.91. The molecule has 1 heterocycles. The number of rotatable bonds is 13. The van der Waals surface area contributed by atoms with E-state index in [1.54, 1.807) is 29.5 Å². The second kappa shape index (κ2) is 12.7. The lowest BCUT2D eigenvalue weighted by Crippen LogP contribution is -2.14. The average molecular weight is 497 g/mol. The lowest BCUT2D eigenvalue weighted by molar-refractivity contribution is -0.140. The van der Waals surface area contributed by atoms with Gasteiger partial charge in [-0.2, -0.15) is 11.3 Å². The van der Waals surface area contributed by atoms with Crippen molar-refractivity contribution in [3.8, 4) is 11.5 Å². The van der Waals surface area contributed by atoms with Gasteiger partial charge in [0.1, 0.15) is 24.2 Å². The first-order valence-corrected chi connectivity index (χ1v) is 12.1. The summed E-state index contributed by atoms with van der Waals surface area (Å²) < 4.78 is 16.9. The van der Waals surface area contributed by atoms with Crippen LogP contribution in [0.15, 0.2) is 59.3 Å². The number of carboxylic acids is 1. The molecule has 35 heavy (non-hydrogen) atoms. The third kappa shape index (κ3) is 7.68. The summed E-state index contributed by atoms with van der Waals surface area (Å²) in [4.78, 5) is 35.8. The van der Waals surface area contributed by atoms with Crippen molar-refractivity contribution < 1.29 is 33.7 Å². The minimum Gasteiger partial charge on any atom is -0.489 e. The molecule has 1 aromatic heterocycles. The first-order chi connectivity index (χ1) is 16.9. The molecule has 1 N–H and O–H groups in total. The minimum absolute atomic E-state index is 0.0394. The van der Waals surface area contributed by atoms with Crippen LogP contribution in [0.1, 0.15) is 58.8 Å². The second-order valence-electron chi connectivity index (χ2n) is 7.97. The fourth-order valence-corrected chi connectivity index (χ4v) is 4.20. The zero-order chi connectivity index (χ0) is 25.2. The summed E-state index contributed by atoms with van der Waals surface area (Å²) >= 11 is 1.57. The molecular formula is C27H28O7S. The summed E-state index contributed by atoms with van der Waals surface area (Å²) in [6.45, 7) is 2.29. The number of carbonyl (C=O) groups is 3. The van der Waals surface area contributed by atoms with Crippen LogP contribution in [0.2, 0.25) is 0 Å². The van der Waals surface area contributed by atoms with Crippen LogP contribution in [0.5, 0.6) is 11.5 Å². The summed E-state index contributed by atoms with van der Waals surface area (Å²) in [6.07, 6.45) is -0.561. The quantitative estimate of drug-likeness (QED) is 0.237. The fraction of sp³-hybridized carbons (Fsp3) is 0.296. The van der Waals surface area contributed by atoms with Crippen molar-refractivity contribution in [2.24, 2.45) is 0 Å². The molecule has 0 radical (unpaired) electrons. The number of methoxy groups -OCH3 is 1. The maximum Gasteiger partial charge on any atom is 0.305 e. The number of hydrogen-bond donors (Lipinski definition) is 1. The highest BCUT2D eigenvalue weighted by Gasteiger charge is 2.22. The first kappa shape index (κ1) is 26.0. The smallest absolute Gasteiger partial charge is 0.305 e. The monoisotopic (exact) mass is 496 g/mol. The van der Waals surface area contributed by atoms with Crippen molar-refractivity contribution >= 4 is 29.1 Å². The lowest BCUT2D eigenvalue weighted by atomic mass is 9.99. The molecule has 0 saturated carbocycles. The number of aryl methyl sites for hydroxylation is 1. The number of carboxylic acid groups (broad SMARTS) is 1. The van der Waals surface area contributed by atoms with Gasteiger partial charge < -0.3 is 19.3 Å². The van der Waals surface area contributed by atoms with Crippen LogP contribution in [0.4, 0.5) is 0 Å². The van der Waals surface area contributed by atoms with Gasteiger partial charge in [0.05, 0.1) is 19.1 Å². The van der Waals surface area contributed by atoms with Gasteiger partial charge in [0, 0.05) is 18.9 Å². The Kier molecular flexibility index (Phi) is 9.43. The van der Waals surface area contributed by atoms with Crippen LogP contribution in [0, 0.1) is 6.92 Å². The Bertz CT molecular complexity index is 1150. The highest BCUT2D eigenvalue weighted by molar-refractivity contribution is 7.07. The molecule has 7 nitrogen and oxygen atoms in total. The van der Waals surface area contributed by atoms with Crippen molar-refractivity contribution in [3.63, 3.8) is 0 Å². The molecule has 184 valence electrons. The van der Waals surface area contributed by atoms with Gasteiger partial charge in [-0.15, -0.1) is 0 Å². The number of hydrogen-bond acceptors (Lipinski definition) is 7. The third-order valence-electron chi connectivity index (χ3n) is 5.45. The molecule has 1 atom stereocenters. The van der Waals surface area contributed by atoms with Crippen molar-refractivity contribution in [2.45, 2.75) is 45.3 Å². The lowest BCUT2D eigenvalue weighted by Gasteiger charge is -2.23. The third-order valence-corrected chi connectivity index (χ3v) is 6.18. The zero-order valence-electron chi connectivity index (χ0n) is 19.7. The molecule has 0 aliphatic rings. The van der Waals surface area contributed by atoms with E-state index in [2.05, 4.69) is 4.74 Å². The molecule has 0 amide bonds. The number of benzene rings is 2. The predicted molar refractivity (Wildman–Crippen MR) is 132 cm³/mol. The van der Waals surface area contributed by atoms with Gasteiger partial charge in [-0.3, -0.25) is 14.4 Å². The molecule has 3 rings (SSSR count). The first-order valence-electron chi connectivity index (χ1n) is 11.2. The molecule has 0 bridgehead atoms. The van der Waals surface area contributed by atoms with Crippen molar-refractivity contribution in [3.05, 3.63) is 81.5 Å². The maximum atomic E-state index is 13.0. The molecule has 1 unspecified atom stereocenters. The number of Topliss-reactive ketones (excluding diaryl/α,β-unsaturated/α-hetero) is 1. The number of carbonyl (C=O) groups excluding carboxylic acids is 2. The van der Waals surface area contributed by atoms with E-state index in [4.69, 9.17) is 9.47 Å². The SMILES string of the molecule is COC(=O)CCC(=O)c1ccc(OCc2ccsc2)cc1OC(CCC(=O)O)c1ccccc1C. The standard InChI is InChI=1S/C27H28O7S/c1-18-5-3-4-6-21(18)24(10-11-26(29)30)34-25-15-20(33-16-19-13-14-35-17-19)7-8-22(25)23(28)9-12-27(31)32-2/h3-8,13-15,17,24H,9-12,16H2,1-2H3,(H,29,30). The topological polar surface area (TPSA) is 99.1 Å². The zero-order valence-corrected chi connectivity index (χ0v) is 20.5. The summed E-state index contributed by atoms with van der Waals surface area (Å²) in [5.74, 6) is -0.902. The largest absolute Gasteiger partial charge is 0.489 e. The Morgan fingerprint density at radius 3 is 2.51 bits per heavy atom. The van der Waals surface area contributed by atoms with Gasteiger partial charge >= 0.3 is 11.9 Å². The van der Waals surface area contributed by atoms with E-state index in [0.29, 0.717) is 17.9 Å². The van der Waals surface area contributed by atoms with E-state index in [0.717, 1.165) is 16.7 Å². The van der Waals surface area contributed by atoms with Gasteiger partial charge in [-0.05, 0) is 59.0 Å². The molecule has 0 fully saturated rings. The molecule has 0 aliphatic carbocycles. The van der Waals surface area contributed by atoms with Crippen LogP contribution >= 0.6 is 11.3 Å². The number of ketones is 1. The van der Waals surface area contributed by atoms with E-state index in [9.17, 15) is 19.5 Å². The van der Waals surface area contributed by atoms with E-state index >= 15 is 0 Å². The Morgan fingerprint density at radius 2 is 1.83 bits per heavy atom. The van der Waals surface area contributed by atoms with Crippen LogP contribution in [-0.2, 0) is 20.9 Å². The summed E-state index contributed by atoms with van der Waals surface area (Å²) in [6, 6.07) is 14.5. The molecule has 2 aromatic carbocycles. The van der Waals surface area contributed by atoms with Crippen LogP contribution < -0.4 is 9.47 Å². The number of esters is 1. The Hall–Kier alpha value is -3.65. The van der Waals surface area contributed by atoms with Gasteiger partial charge in [-0.1, -0.05) is 24.3 Å². The molecule has 0 aliphatic heterocycles. The van der Waals surface area contributed by atoms with E-state index in [1.165, 1.54) is 7.11 Å². The Labute approximate surface area is 208 Å². The van der Waals surface area contributed by atoms with E-state index < -0.39 is 18.0 Å². The van der Waals surface area contributed by atoms with Crippen molar-refractivity contribution in [1.29, 1.82) is 0 Å². The van der Waals surface area contributed by atoms with E-state index in [1.807, 2.05) is 48.0 Å². The molecule has 8 heteroatoms. The number of aliphatic carboxylic acids is 1.